The van der Waals surface area contributed by atoms with Gasteiger partial charge in [-0.2, -0.15) is 5.26 Å². The molecule has 2 rings (SSSR count). The van der Waals surface area contributed by atoms with E-state index < -0.39 is 0 Å². The van der Waals surface area contributed by atoms with Crippen LogP contribution in [0.4, 0.5) is 5.69 Å². The summed E-state index contributed by atoms with van der Waals surface area (Å²) >= 11 is 0. The van der Waals surface area contributed by atoms with Gasteiger partial charge in [0.05, 0.1) is 23.8 Å². The summed E-state index contributed by atoms with van der Waals surface area (Å²) in [5.41, 5.74) is 2.76. The highest BCUT2D eigenvalue weighted by Crippen LogP contribution is 2.17. The summed E-state index contributed by atoms with van der Waals surface area (Å²) in [6.07, 6.45) is 0.200. The SMILES string of the molecule is CO[C@H]1CNCC1Nc1ccc(C#N)c(C)c1. The molecule has 1 aromatic carbocycles. The predicted molar refractivity (Wildman–Crippen MR) is 67.0 cm³/mol. The number of nitrogens with one attached hydrogen (secondary N) is 2. The molecule has 1 aliphatic rings. The first-order chi connectivity index (χ1) is 8.24. The molecule has 1 heterocycles. The van der Waals surface area contributed by atoms with E-state index in [4.69, 9.17) is 10.00 Å². The Balaban J connectivity index is 2.09. The van der Waals surface area contributed by atoms with Crippen LogP contribution in [0.1, 0.15) is 11.1 Å². The lowest BCUT2D eigenvalue weighted by molar-refractivity contribution is 0.111. The fraction of sp³-hybridized carbons (Fsp3) is 0.462. The van der Waals surface area contributed by atoms with Gasteiger partial charge in [0.15, 0.2) is 0 Å². The average molecular weight is 231 g/mol. The number of ether oxygens (including phenoxy) is 1. The summed E-state index contributed by atoms with van der Waals surface area (Å²) < 4.78 is 5.39. The number of hydrogen-bond donors (Lipinski definition) is 2. The molecule has 2 atom stereocenters. The maximum absolute atomic E-state index is 8.87. The van der Waals surface area contributed by atoms with Crippen LogP contribution < -0.4 is 10.6 Å². The van der Waals surface area contributed by atoms with E-state index in [0.29, 0.717) is 0 Å². The molecule has 0 aromatic heterocycles. The number of anilines is 1. The molecular formula is C13H17N3O. The monoisotopic (exact) mass is 231 g/mol. The highest BCUT2D eigenvalue weighted by Gasteiger charge is 2.26. The molecule has 0 aliphatic carbocycles. The molecular weight excluding hydrogens is 214 g/mol. The van der Waals surface area contributed by atoms with Crippen molar-refractivity contribution in [3.05, 3.63) is 29.3 Å². The Morgan fingerprint density at radius 1 is 1.47 bits per heavy atom. The van der Waals surface area contributed by atoms with E-state index in [9.17, 15) is 0 Å². The highest BCUT2D eigenvalue weighted by molar-refractivity contribution is 5.52. The van der Waals surface area contributed by atoms with Gasteiger partial charge >= 0.3 is 0 Å². The van der Waals surface area contributed by atoms with E-state index in [-0.39, 0.29) is 12.1 Å². The van der Waals surface area contributed by atoms with Gasteiger partial charge in [0.2, 0.25) is 0 Å². The summed E-state index contributed by atoms with van der Waals surface area (Å²) in [5.74, 6) is 0. The minimum absolute atomic E-state index is 0.200. The van der Waals surface area contributed by atoms with E-state index in [1.165, 1.54) is 0 Å². The molecule has 4 nitrogen and oxygen atoms in total. The van der Waals surface area contributed by atoms with Gasteiger partial charge < -0.3 is 15.4 Å². The summed E-state index contributed by atoms with van der Waals surface area (Å²) in [4.78, 5) is 0. The molecule has 17 heavy (non-hydrogen) atoms. The maximum atomic E-state index is 8.87. The maximum Gasteiger partial charge on any atom is 0.0994 e. The zero-order valence-corrected chi connectivity index (χ0v) is 10.2. The number of rotatable bonds is 3. The minimum Gasteiger partial charge on any atom is -0.378 e. The van der Waals surface area contributed by atoms with Crippen LogP contribution in [-0.2, 0) is 4.74 Å². The lowest BCUT2D eigenvalue weighted by atomic mass is 10.1. The smallest absolute Gasteiger partial charge is 0.0994 e. The first kappa shape index (κ1) is 11.9. The molecule has 0 saturated carbocycles. The first-order valence-corrected chi connectivity index (χ1v) is 5.75. The molecule has 1 fully saturated rings. The first-order valence-electron chi connectivity index (χ1n) is 5.75. The average Bonchev–Trinajstić information content (AvgIpc) is 2.76. The van der Waals surface area contributed by atoms with E-state index >= 15 is 0 Å². The Kier molecular flexibility index (Phi) is 3.62. The van der Waals surface area contributed by atoms with Gasteiger partial charge in [-0.25, -0.2) is 0 Å². The Hall–Kier alpha value is -1.57. The molecule has 90 valence electrons. The van der Waals surface area contributed by atoms with Crippen molar-refractivity contribution in [3.8, 4) is 6.07 Å². The summed E-state index contributed by atoms with van der Waals surface area (Å²) in [5, 5.41) is 15.6. The second-order valence-corrected chi connectivity index (χ2v) is 4.32. The van der Waals surface area contributed by atoms with Crippen LogP contribution in [0.3, 0.4) is 0 Å². The van der Waals surface area contributed by atoms with Crippen molar-refractivity contribution >= 4 is 5.69 Å². The summed E-state index contributed by atoms with van der Waals surface area (Å²) in [7, 11) is 1.73. The molecule has 1 aromatic rings. The van der Waals surface area contributed by atoms with Crippen LogP contribution in [0.2, 0.25) is 0 Å². The van der Waals surface area contributed by atoms with Crippen molar-refractivity contribution in [3.63, 3.8) is 0 Å². The normalized spacial score (nSPS) is 23.4. The van der Waals surface area contributed by atoms with Crippen molar-refractivity contribution in [1.82, 2.24) is 5.32 Å². The van der Waals surface area contributed by atoms with Gasteiger partial charge in [0.25, 0.3) is 0 Å². The van der Waals surface area contributed by atoms with Gasteiger partial charge in [0, 0.05) is 25.9 Å². The second kappa shape index (κ2) is 5.17. The lowest BCUT2D eigenvalue weighted by Crippen LogP contribution is -2.33. The zero-order valence-electron chi connectivity index (χ0n) is 10.2. The quantitative estimate of drug-likeness (QED) is 0.822. The molecule has 2 N–H and O–H groups in total. The van der Waals surface area contributed by atoms with Crippen molar-refractivity contribution in [2.75, 3.05) is 25.5 Å². The third-order valence-corrected chi connectivity index (χ3v) is 3.16. The Morgan fingerprint density at radius 3 is 2.94 bits per heavy atom. The Labute approximate surface area is 102 Å². The molecule has 1 saturated heterocycles. The van der Waals surface area contributed by atoms with E-state index in [1.807, 2.05) is 25.1 Å². The van der Waals surface area contributed by atoms with Gasteiger partial charge in [-0.05, 0) is 30.7 Å². The highest BCUT2D eigenvalue weighted by atomic mass is 16.5. The topological polar surface area (TPSA) is 57.1 Å². The van der Waals surface area contributed by atoms with Crippen molar-refractivity contribution in [1.29, 1.82) is 5.26 Å². The summed E-state index contributed by atoms with van der Waals surface area (Å²) in [6.45, 7) is 3.73. The van der Waals surface area contributed by atoms with E-state index in [0.717, 1.165) is 29.9 Å². The van der Waals surface area contributed by atoms with Crippen LogP contribution in [0.15, 0.2) is 18.2 Å². The number of aryl methyl sites for hydroxylation is 1. The fourth-order valence-electron chi connectivity index (χ4n) is 2.14. The van der Waals surface area contributed by atoms with Crippen LogP contribution in [0.5, 0.6) is 0 Å². The molecule has 4 heteroatoms. The fourth-order valence-corrected chi connectivity index (χ4v) is 2.14. The molecule has 1 unspecified atom stereocenters. The van der Waals surface area contributed by atoms with Crippen molar-refractivity contribution < 1.29 is 4.74 Å². The van der Waals surface area contributed by atoms with Gasteiger partial charge in [-0.3, -0.25) is 0 Å². The minimum atomic E-state index is 0.200. The van der Waals surface area contributed by atoms with E-state index in [2.05, 4.69) is 16.7 Å². The van der Waals surface area contributed by atoms with E-state index in [1.54, 1.807) is 7.11 Å². The Bertz CT molecular complexity index is 439. The number of nitrogens with zero attached hydrogens (tertiary/aromatic N) is 1. The predicted octanol–water partition coefficient (Wildman–Crippen LogP) is 1.27. The van der Waals surface area contributed by atoms with Gasteiger partial charge in [-0.15, -0.1) is 0 Å². The molecule has 0 spiro atoms. The van der Waals surface area contributed by atoms with Crippen LogP contribution >= 0.6 is 0 Å². The number of methoxy groups -OCH3 is 1. The standard InChI is InChI=1S/C13H17N3O/c1-9-5-11(4-3-10(9)6-14)16-12-7-15-8-13(12)17-2/h3-5,12-13,15-16H,7-8H2,1-2H3/t12?,13-/m0/s1. The molecule has 0 amide bonds. The van der Waals surface area contributed by atoms with Crippen LogP contribution in [-0.4, -0.2) is 32.3 Å². The molecule has 0 radical (unpaired) electrons. The Morgan fingerprint density at radius 2 is 2.29 bits per heavy atom. The number of nitriles is 1. The number of benzene rings is 1. The van der Waals surface area contributed by atoms with Crippen LogP contribution in [0.25, 0.3) is 0 Å². The molecule has 1 aliphatic heterocycles. The van der Waals surface area contributed by atoms with Gasteiger partial charge in [0.1, 0.15) is 0 Å². The summed E-state index contributed by atoms with van der Waals surface area (Å²) in [6, 6.07) is 8.25. The van der Waals surface area contributed by atoms with Crippen LogP contribution in [0, 0.1) is 18.3 Å². The largest absolute Gasteiger partial charge is 0.378 e. The zero-order chi connectivity index (χ0) is 12.3. The molecule has 0 bridgehead atoms. The third-order valence-electron chi connectivity index (χ3n) is 3.16. The number of hydrogen-bond acceptors (Lipinski definition) is 4. The second-order valence-electron chi connectivity index (χ2n) is 4.32. The lowest BCUT2D eigenvalue weighted by Gasteiger charge is -2.20. The van der Waals surface area contributed by atoms with Gasteiger partial charge in [-0.1, -0.05) is 0 Å². The van der Waals surface area contributed by atoms with Crippen molar-refractivity contribution in [2.45, 2.75) is 19.1 Å². The van der Waals surface area contributed by atoms with Crippen molar-refractivity contribution in [2.24, 2.45) is 0 Å². The third kappa shape index (κ3) is 2.57.